The van der Waals surface area contributed by atoms with Crippen LogP contribution in [0.1, 0.15) is 51.4 Å². The number of benzene rings is 4. The Hall–Kier alpha value is -3.06. The summed E-state index contributed by atoms with van der Waals surface area (Å²) in [5.74, 6) is 0. The van der Waals surface area contributed by atoms with Gasteiger partial charge in [-0.3, -0.25) is 0 Å². The fraction of sp³-hybridized carbons (Fsp3) is 0.268. The predicted molar refractivity (Wildman–Crippen MR) is 203 cm³/mol. The monoisotopic (exact) mass is 942 g/mol. The zero-order chi connectivity index (χ0) is 43.3. The van der Waals surface area contributed by atoms with Crippen LogP contribution in [0.5, 0.6) is 0 Å². The van der Waals surface area contributed by atoms with Crippen LogP contribution < -0.4 is 0 Å². The number of aryl methyl sites for hydroxylation is 4. The average molecular weight is 945 g/mol. The van der Waals surface area contributed by atoms with E-state index in [0.29, 0.717) is 21.9 Å². The summed E-state index contributed by atoms with van der Waals surface area (Å²) in [6, 6.07) is 17.3. The quantitative estimate of drug-likeness (QED) is 0.0942. The number of alkyl halides is 12. The van der Waals surface area contributed by atoms with Gasteiger partial charge in [-0.05, 0) is 53.9 Å². The van der Waals surface area contributed by atoms with Crippen molar-refractivity contribution in [2.75, 3.05) is 0 Å². The van der Waals surface area contributed by atoms with E-state index in [1.165, 1.54) is 0 Å². The molecule has 0 saturated heterocycles. The van der Waals surface area contributed by atoms with Gasteiger partial charge < -0.3 is 0 Å². The van der Waals surface area contributed by atoms with Crippen LogP contribution in [0, 0.1) is 20.8 Å². The Balaban J connectivity index is 0.000000269. The van der Waals surface area contributed by atoms with Crippen molar-refractivity contribution in [2.24, 2.45) is 0 Å². The Morgan fingerprint density at radius 3 is 1.16 bits per heavy atom. The van der Waals surface area contributed by atoms with E-state index in [-0.39, 0.29) is 23.3 Å². The molecule has 0 saturated carbocycles. The van der Waals surface area contributed by atoms with Crippen LogP contribution in [0.2, 0.25) is 13.1 Å². The molecule has 16 heteroatoms. The number of hydrogen-bond acceptors (Lipinski definition) is 0. The van der Waals surface area contributed by atoms with Crippen LogP contribution in [-0.2, 0) is 52.0 Å². The third kappa shape index (κ3) is 12.5. The second kappa shape index (κ2) is 19.3. The Labute approximate surface area is 343 Å². The first-order valence-electron chi connectivity index (χ1n) is 16.8. The summed E-state index contributed by atoms with van der Waals surface area (Å²) < 4.78 is 157. The number of fused-ring (bicyclic) bond motifs is 2. The summed E-state index contributed by atoms with van der Waals surface area (Å²) in [6.45, 7) is 11.8. The van der Waals surface area contributed by atoms with E-state index in [9.17, 15) is 52.7 Å². The third-order valence-corrected chi connectivity index (χ3v) is 8.62. The van der Waals surface area contributed by atoms with Gasteiger partial charge in [0.05, 0.1) is 22.3 Å². The van der Waals surface area contributed by atoms with Crippen molar-refractivity contribution in [1.82, 2.24) is 0 Å². The van der Waals surface area contributed by atoms with Crippen LogP contribution in [0.4, 0.5) is 52.7 Å². The summed E-state index contributed by atoms with van der Waals surface area (Å²) >= 11 is -0.826. The van der Waals surface area contributed by atoms with E-state index in [2.05, 4.69) is 13.1 Å². The van der Waals surface area contributed by atoms with Gasteiger partial charge in [0.15, 0.2) is 0 Å². The molecule has 0 aliphatic heterocycles. The summed E-state index contributed by atoms with van der Waals surface area (Å²) in [7, 11) is 11.0. The van der Waals surface area contributed by atoms with Crippen LogP contribution in [0.3, 0.4) is 0 Å². The minimum absolute atomic E-state index is 0.0922. The van der Waals surface area contributed by atoms with Gasteiger partial charge in [0, 0.05) is 9.52 Å². The van der Waals surface area contributed by atoms with Gasteiger partial charge >= 0.3 is 62.6 Å². The van der Waals surface area contributed by atoms with Crippen LogP contribution in [0.15, 0.2) is 84.9 Å². The van der Waals surface area contributed by atoms with Crippen molar-refractivity contribution >= 4 is 48.1 Å². The molecule has 57 heavy (non-hydrogen) atoms. The van der Waals surface area contributed by atoms with Gasteiger partial charge in [-0.15, -0.1) is 68.1 Å². The summed E-state index contributed by atoms with van der Waals surface area (Å²) in [5.41, 5.74) is -0.996. The van der Waals surface area contributed by atoms with Crippen LogP contribution >= 0.6 is 17.0 Å². The van der Waals surface area contributed by atoms with Crippen LogP contribution in [-0.4, -0.2) is 9.52 Å². The van der Waals surface area contributed by atoms with E-state index >= 15 is 0 Å². The first-order chi connectivity index (χ1) is 26.3. The molecule has 0 bridgehead atoms. The first kappa shape index (κ1) is 48.3. The second-order valence-electron chi connectivity index (χ2n) is 12.9. The molecule has 0 aliphatic carbocycles. The van der Waals surface area contributed by atoms with Gasteiger partial charge in [-0.25, -0.2) is 0 Å². The molecule has 304 valence electrons. The van der Waals surface area contributed by atoms with Crippen molar-refractivity contribution in [2.45, 2.75) is 71.9 Å². The molecule has 0 fully saturated rings. The zero-order valence-corrected chi connectivity index (χ0v) is 36.1. The first-order valence-corrected chi connectivity index (χ1v) is 25.1. The summed E-state index contributed by atoms with van der Waals surface area (Å²) in [5, 5.41) is 2.96. The van der Waals surface area contributed by atoms with E-state index in [4.69, 9.17) is 17.0 Å². The van der Waals surface area contributed by atoms with Crippen molar-refractivity contribution in [3.8, 4) is 22.3 Å². The zero-order valence-electron chi connectivity index (χ0n) is 31.1. The van der Waals surface area contributed by atoms with Crippen molar-refractivity contribution < 1.29 is 73.5 Å². The third-order valence-electron chi connectivity index (χ3n) is 8.62. The Kier molecular flexibility index (Phi) is 16.4. The molecular weight excluding hydrogens is 911 g/mol. The van der Waals surface area contributed by atoms with Gasteiger partial charge in [0.25, 0.3) is 0 Å². The molecule has 0 aliphatic rings. The minimum atomic E-state index is -4.86. The van der Waals surface area contributed by atoms with Crippen LogP contribution in [0.25, 0.3) is 43.8 Å². The SMILES string of the molecule is CCc1cc2c(-c3cc(C(F)(F)F)cc(C(F)(F)F)c3)ccc(C)c2[cH-]1.C[Si]C.Cc1cc2c(-c3cc(C(F)(F)F)cc(C(F)(F)F)c3)ccc(C)c2[cH-]1.[Cl][Zr+2][Cl]. The predicted octanol–water partition coefficient (Wildman–Crippen LogP) is 16.2. The molecule has 6 aromatic carbocycles. The Bertz CT molecular complexity index is 2210. The molecule has 0 unspecified atom stereocenters. The van der Waals surface area contributed by atoms with Gasteiger partial charge in [0.1, 0.15) is 0 Å². The molecule has 0 heterocycles. The molecule has 0 spiro atoms. The van der Waals surface area contributed by atoms with E-state index in [1.807, 2.05) is 45.9 Å². The molecule has 0 amide bonds. The molecule has 0 atom stereocenters. The fourth-order valence-corrected chi connectivity index (χ4v) is 6.02. The van der Waals surface area contributed by atoms with Gasteiger partial charge in [-0.2, -0.15) is 64.8 Å². The second-order valence-corrected chi connectivity index (χ2v) is 17.7. The number of halogens is 14. The van der Waals surface area contributed by atoms with Gasteiger partial charge in [-0.1, -0.05) is 64.0 Å². The Morgan fingerprint density at radius 2 is 0.842 bits per heavy atom. The van der Waals surface area contributed by atoms with E-state index < -0.39 is 67.8 Å². The topological polar surface area (TPSA) is 0 Å². The molecule has 0 N–H and O–H groups in total. The summed E-state index contributed by atoms with van der Waals surface area (Å²) in [6.07, 6.45) is -18.7. The molecule has 0 aromatic heterocycles. The fourth-order valence-electron chi connectivity index (χ4n) is 6.02. The maximum absolute atomic E-state index is 13.1. The van der Waals surface area contributed by atoms with Crippen molar-refractivity contribution in [3.63, 3.8) is 0 Å². The maximum atomic E-state index is 13.1. The average Bonchev–Trinajstić information content (AvgIpc) is 3.73. The molecule has 2 radical (unpaired) electrons. The Morgan fingerprint density at radius 1 is 0.526 bits per heavy atom. The van der Waals surface area contributed by atoms with E-state index in [1.54, 1.807) is 30.3 Å². The normalized spacial score (nSPS) is 11.9. The molecule has 0 nitrogen and oxygen atoms in total. The van der Waals surface area contributed by atoms with Crippen molar-refractivity contribution in [3.05, 3.63) is 129 Å². The summed E-state index contributed by atoms with van der Waals surface area (Å²) in [4.78, 5) is 0. The van der Waals surface area contributed by atoms with E-state index in [0.717, 1.165) is 73.2 Å². The molecule has 6 aromatic rings. The molecular formula is C41H34Cl2F12SiZr. The molecule has 6 rings (SSSR count). The number of hydrogen-bond donors (Lipinski definition) is 0. The van der Waals surface area contributed by atoms with Crippen molar-refractivity contribution in [1.29, 1.82) is 0 Å². The standard InChI is InChI=1S/C20H15F6.C19H13F6.C2H6Si.2ClH.Zr/c1-3-12-6-17-11(2)4-5-16(18(17)7-12)13-8-14(19(21,22)23)10-15(9-13)20(24,25)26;1-10-5-16-11(2)3-4-15(17(16)6-10)12-7-13(18(20,21)22)9-14(8-12)19(23,24)25;1-3-2;;;/h4-10H,3H2,1-2H3;3-9H,1-2H3;1-2H3;2*1H;/q2*-1;;;;+4/p-2. The van der Waals surface area contributed by atoms with Gasteiger partial charge in [0.2, 0.25) is 0 Å². The number of rotatable bonds is 3.